The van der Waals surface area contributed by atoms with Gasteiger partial charge in [0.15, 0.2) is 0 Å². The van der Waals surface area contributed by atoms with E-state index in [9.17, 15) is 4.79 Å². The van der Waals surface area contributed by atoms with E-state index in [2.05, 4.69) is 29.1 Å². The second-order valence-corrected chi connectivity index (χ2v) is 3.36. The van der Waals surface area contributed by atoms with E-state index in [0.717, 1.165) is 13.1 Å². The van der Waals surface area contributed by atoms with Gasteiger partial charge in [-0.1, -0.05) is 5.92 Å². The van der Waals surface area contributed by atoms with Crippen molar-refractivity contribution in [3.05, 3.63) is 0 Å². The molecule has 0 aromatic carbocycles. The average molecular weight is 180 g/mol. The Bertz CT molecular complexity index is 239. The van der Waals surface area contributed by atoms with Gasteiger partial charge in [-0.2, -0.15) is 0 Å². The number of likely N-dealkylation sites (N-methyl/N-ethyl adjacent to an activating group) is 1. The number of nitrogens with one attached hydrogen (secondary N) is 1. The van der Waals surface area contributed by atoms with Crippen LogP contribution in [0.4, 0.5) is 0 Å². The summed E-state index contributed by atoms with van der Waals surface area (Å²) in [5, 5.41) is 2.80. The van der Waals surface area contributed by atoms with E-state index in [1.54, 1.807) is 6.92 Å². The third-order valence-electron chi connectivity index (χ3n) is 2.41. The molecule has 72 valence electrons. The van der Waals surface area contributed by atoms with Gasteiger partial charge in [-0.05, 0) is 39.3 Å². The molecule has 1 aliphatic rings. The van der Waals surface area contributed by atoms with Crippen molar-refractivity contribution >= 4 is 5.91 Å². The van der Waals surface area contributed by atoms with Crippen LogP contribution in [0.2, 0.25) is 0 Å². The highest BCUT2D eigenvalue weighted by atomic mass is 16.1. The number of amides is 1. The van der Waals surface area contributed by atoms with Crippen LogP contribution in [0.15, 0.2) is 0 Å². The van der Waals surface area contributed by atoms with Gasteiger partial charge in [0.1, 0.15) is 0 Å². The fourth-order valence-corrected chi connectivity index (χ4v) is 1.61. The van der Waals surface area contributed by atoms with Crippen LogP contribution in [0.5, 0.6) is 0 Å². The SMILES string of the molecule is CC#CC(=O)NCC1CCCN1C. The van der Waals surface area contributed by atoms with Crippen molar-refractivity contribution in [3.8, 4) is 11.8 Å². The molecule has 0 radical (unpaired) electrons. The molecule has 0 spiro atoms. The molecule has 1 aliphatic heterocycles. The monoisotopic (exact) mass is 180 g/mol. The number of rotatable bonds is 2. The van der Waals surface area contributed by atoms with Crippen LogP contribution < -0.4 is 5.32 Å². The Hall–Kier alpha value is -1.01. The van der Waals surface area contributed by atoms with Gasteiger partial charge in [-0.15, -0.1) is 0 Å². The average Bonchev–Trinajstić information content (AvgIpc) is 2.48. The number of nitrogens with zero attached hydrogens (tertiary/aromatic N) is 1. The minimum absolute atomic E-state index is 0.164. The molecule has 0 saturated carbocycles. The van der Waals surface area contributed by atoms with Crippen molar-refractivity contribution in [1.82, 2.24) is 10.2 Å². The van der Waals surface area contributed by atoms with Crippen LogP contribution in [0.3, 0.4) is 0 Å². The molecular formula is C10H16N2O. The van der Waals surface area contributed by atoms with Crippen molar-refractivity contribution in [2.45, 2.75) is 25.8 Å². The summed E-state index contributed by atoms with van der Waals surface area (Å²) < 4.78 is 0. The van der Waals surface area contributed by atoms with Gasteiger partial charge < -0.3 is 10.2 Å². The first-order valence-electron chi connectivity index (χ1n) is 4.65. The maximum atomic E-state index is 11.0. The maximum absolute atomic E-state index is 11.0. The van der Waals surface area contributed by atoms with Gasteiger partial charge in [0, 0.05) is 12.6 Å². The number of hydrogen-bond acceptors (Lipinski definition) is 2. The van der Waals surface area contributed by atoms with Crippen LogP contribution in [0.25, 0.3) is 0 Å². The summed E-state index contributed by atoms with van der Waals surface area (Å²) >= 11 is 0. The number of carbonyl (C=O) groups excluding carboxylic acids is 1. The van der Waals surface area contributed by atoms with Crippen LogP contribution in [0, 0.1) is 11.8 Å². The number of likely N-dealkylation sites (tertiary alicyclic amines) is 1. The van der Waals surface area contributed by atoms with Gasteiger partial charge in [-0.25, -0.2) is 0 Å². The van der Waals surface area contributed by atoms with E-state index < -0.39 is 0 Å². The lowest BCUT2D eigenvalue weighted by Gasteiger charge is -2.18. The fourth-order valence-electron chi connectivity index (χ4n) is 1.61. The Morgan fingerprint density at radius 3 is 3.00 bits per heavy atom. The first-order valence-corrected chi connectivity index (χ1v) is 4.65. The first kappa shape index (κ1) is 10.1. The Labute approximate surface area is 79.5 Å². The predicted octanol–water partition coefficient (Wildman–Crippen LogP) is 0.220. The molecule has 1 saturated heterocycles. The van der Waals surface area contributed by atoms with E-state index in [4.69, 9.17) is 0 Å². The maximum Gasteiger partial charge on any atom is 0.295 e. The highest BCUT2D eigenvalue weighted by Gasteiger charge is 2.20. The molecule has 1 unspecified atom stereocenters. The lowest BCUT2D eigenvalue weighted by molar-refractivity contribution is -0.115. The molecule has 1 fully saturated rings. The summed E-state index contributed by atoms with van der Waals surface area (Å²) in [7, 11) is 2.09. The Kier molecular flexibility index (Phi) is 3.78. The zero-order valence-electron chi connectivity index (χ0n) is 8.26. The zero-order valence-corrected chi connectivity index (χ0v) is 8.26. The predicted molar refractivity (Wildman–Crippen MR) is 52.1 cm³/mol. The minimum Gasteiger partial charge on any atom is -0.344 e. The molecule has 1 atom stereocenters. The molecule has 13 heavy (non-hydrogen) atoms. The normalized spacial score (nSPS) is 22.2. The standard InChI is InChI=1S/C10H16N2O/c1-3-5-10(13)11-8-9-6-4-7-12(9)2/h9H,4,6-8H2,1-2H3,(H,11,13). The molecule has 0 aromatic rings. The Morgan fingerprint density at radius 1 is 1.69 bits per heavy atom. The second kappa shape index (κ2) is 4.88. The zero-order chi connectivity index (χ0) is 9.68. The third-order valence-corrected chi connectivity index (χ3v) is 2.41. The Morgan fingerprint density at radius 2 is 2.46 bits per heavy atom. The van der Waals surface area contributed by atoms with Crippen LogP contribution in [0.1, 0.15) is 19.8 Å². The molecular weight excluding hydrogens is 164 g/mol. The Balaban J connectivity index is 2.24. The van der Waals surface area contributed by atoms with Crippen LogP contribution >= 0.6 is 0 Å². The molecule has 0 aromatic heterocycles. The van der Waals surface area contributed by atoms with E-state index >= 15 is 0 Å². The molecule has 1 rings (SSSR count). The number of hydrogen-bond donors (Lipinski definition) is 1. The lowest BCUT2D eigenvalue weighted by atomic mass is 10.2. The van der Waals surface area contributed by atoms with Crippen molar-refractivity contribution < 1.29 is 4.79 Å². The third kappa shape index (κ3) is 3.08. The van der Waals surface area contributed by atoms with E-state index in [1.165, 1.54) is 12.8 Å². The molecule has 3 heteroatoms. The van der Waals surface area contributed by atoms with Gasteiger partial charge in [0.25, 0.3) is 5.91 Å². The summed E-state index contributed by atoms with van der Waals surface area (Å²) in [6.45, 7) is 3.53. The molecule has 3 nitrogen and oxygen atoms in total. The molecule has 0 aliphatic carbocycles. The van der Waals surface area contributed by atoms with Gasteiger partial charge in [-0.3, -0.25) is 4.79 Å². The van der Waals surface area contributed by atoms with Crippen LogP contribution in [-0.4, -0.2) is 37.0 Å². The van der Waals surface area contributed by atoms with Gasteiger partial charge in [0.2, 0.25) is 0 Å². The van der Waals surface area contributed by atoms with E-state index in [1.807, 2.05) is 0 Å². The summed E-state index contributed by atoms with van der Waals surface area (Å²) in [5.74, 6) is 4.88. The lowest BCUT2D eigenvalue weighted by Crippen LogP contribution is -2.37. The van der Waals surface area contributed by atoms with Crippen molar-refractivity contribution in [3.63, 3.8) is 0 Å². The van der Waals surface area contributed by atoms with Gasteiger partial charge >= 0.3 is 0 Å². The van der Waals surface area contributed by atoms with Crippen LogP contribution in [-0.2, 0) is 4.79 Å². The molecule has 1 heterocycles. The minimum atomic E-state index is -0.164. The van der Waals surface area contributed by atoms with Crippen molar-refractivity contribution in [2.75, 3.05) is 20.1 Å². The van der Waals surface area contributed by atoms with Crippen molar-refractivity contribution in [2.24, 2.45) is 0 Å². The molecule has 1 amide bonds. The quantitative estimate of drug-likeness (QED) is 0.617. The first-order chi connectivity index (χ1) is 6.24. The summed E-state index contributed by atoms with van der Waals surface area (Å²) in [4.78, 5) is 13.3. The molecule has 1 N–H and O–H groups in total. The smallest absolute Gasteiger partial charge is 0.295 e. The highest BCUT2D eigenvalue weighted by Crippen LogP contribution is 2.13. The number of carbonyl (C=O) groups is 1. The summed E-state index contributed by atoms with van der Waals surface area (Å²) in [5.41, 5.74) is 0. The second-order valence-electron chi connectivity index (χ2n) is 3.36. The van der Waals surface area contributed by atoms with Crippen molar-refractivity contribution in [1.29, 1.82) is 0 Å². The topological polar surface area (TPSA) is 32.3 Å². The largest absolute Gasteiger partial charge is 0.344 e. The van der Waals surface area contributed by atoms with E-state index in [-0.39, 0.29) is 5.91 Å². The molecule has 0 bridgehead atoms. The van der Waals surface area contributed by atoms with Gasteiger partial charge in [0.05, 0.1) is 0 Å². The summed E-state index contributed by atoms with van der Waals surface area (Å²) in [6.07, 6.45) is 2.41. The highest BCUT2D eigenvalue weighted by molar-refractivity contribution is 5.93. The van der Waals surface area contributed by atoms with E-state index in [0.29, 0.717) is 6.04 Å². The fraction of sp³-hybridized carbons (Fsp3) is 0.700. The summed E-state index contributed by atoms with van der Waals surface area (Å²) in [6, 6.07) is 0.502.